The molecule has 1 unspecified atom stereocenters. The Morgan fingerprint density at radius 1 is 1.33 bits per heavy atom. The van der Waals surface area contributed by atoms with Crippen LogP contribution in [0.4, 0.5) is 5.82 Å². The van der Waals surface area contributed by atoms with Crippen LogP contribution in [0.1, 0.15) is 44.7 Å². The molecule has 1 N–H and O–H groups in total. The topological polar surface area (TPSA) is 31.4 Å². The summed E-state index contributed by atoms with van der Waals surface area (Å²) in [5.74, 6) is 1.07. The van der Waals surface area contributed by atoms with Crippen molar-refractivity contribution in [2.45, 2.75) is 44.7 Å². The van der Waals surface area contributed by atoms with Gasteiger partial charge in [0.15, 0.2) is 0 Å². The number of anilines is 1. The standard InChI is InChI=1S/C17H30N4/c1-6-18-14(2)15-8-11-19-16(12-15)21(5)13-17(20(3)4)9-7-10-17/h8,11-12,14,18H,6-7,9-10,13H2,1-5H3. The zero-order valence-corrected chi connectivity index (χ0v) is 14.2. The van der Waals surface area contributed by atoms with Crippen LogP contribution in [0.2, 0.25) is 0 Å². The highest BCUT2D eigenvalue weighted by Gasteiger charge is 2.40. The van der Waals surface area contributed by atoms with Crippen LogP contribution in [-0.4, -0.2) is 49.7 Å². The maximum Gasteiger partial charge on any atom is 0.128 e. The molecule has 1 aromatic rings. The van der Waals surface area contributed by atoms with E-state index in [1.165, 1.54) is 24.8 Å². The lowest BCUT2D eigenvalue weighted by Gasteiger charge is -2.49. The van der Waals surface area contributed by atoms with Crippen LogP contribution in [0, 0.1) is 0 Å². The number of hydrogen-bond acceptors (Lipinski definition) is 4. The van der Waals surface area contributed by atoms with Gasteiger partial charge >= 0.3 is 0 Å². The second-order valence-corrected chi connectivity index (χ2v) is 6.56. The molecule has 1 heterocycles. The van der Waals surface area contributed by atoms with E-state index in [-0.39, 0.29) is 0 Å². The minimum Gasteiger partial charge on any atom is -0.358 e. The van der Waals surface area contributed by atoms with Gasteiger partial charge in [-0.2, -0.15) is 0 Å². The van der Waals surface area contributed by atoms with Crippen molar-refractivity contribution >= 4 is 5.82 Å². The van der Waals surface area contributed by atoms with Gasteiger partial charge in [-0.15, -0.1) is 0 Å². The summed E-state index contributed by atoms with van der Waals surface area (Å²) in [5.41, 5.74) is 1.64. The molecule has 1 fully saturated rings. The molecule has 0 radical (unpaired) electrons. The normalized spacial score (nSPS) is 18.4. The van der Waals surface area contributed by atoms with Crippen LogP contribution in [-0.2, 0) is 0 Å². The molecule has 0 aliphatic heterocycles. The molecule has 4 nitrogen and oxygen atoms in total. The monoisotopic (exact) mass is 290 g/mol. The van der Waals surface area contributed by atoms with Gasteiger partial charge in [-0.3, -0.25) is 0 Å². The van der Waals surface area contributed by atoms with E-state index >= 15 is 0 Å². The summed E-state index contributed by atoms with van der Waals surface area (Å²) in [6.07, 6.45) is 5.85. The molecule has 1 aromatic heterocycles. The van der Waals surface area contributed by atoms with E-state index in [9.17, 15) is 0 Å². The Kier molecular flexibility index (Phi) is 5.22. The smallest absolute Gasteiger partial charge is 0.128 e. The summed E-state index contributed by atoms with van der Waals surface area (Å²) >= 11 is 0. The van der Waals surface area contributed by atoms with Crippen molar-refractivity contribution in [2.24, 2.45) is 0 Å². The number of likely N-dealkylation sites (N-methyl/N-ethyl adjacent to an activating group) is 2. The third-order valence-electron chi connectivity index (χ3n) is 4.94. The molecule has 2 rings (SSSR count). The number of nitrogens with one attached hydrogen (secondary N) is 1. The summed E-state index contributed by atoms with van der Waals surface area (Å²) in [6, 6.07) is 4.70. The van der Waals surface area contributed by atoms with Gasteiger partial charge < -0.3 is 15.1 Å². The summed E-state index contributed by atoms with van der Waals surface area (Å²) in [7, 11) is 6.56. The molecular weight excluding hydrogens is 260 g/mol. The van der Waals surface area contributed by atoms with Gasteiger partial charge in [0, 0.05) is 31.4 Å². The summed E-state index contributed by atoms with van der Waals surface area (Å²) in [6.45, 7) is 6.38. The number of hydrogen-bond donors (Lipinski definition) is 1. The van der Waals surface area contributed by atoms with Gasteiger partial charge in [0.1, 0.15) is 5.82 Å². The fourth-order valence-electron chi connectivity index (χ4n) is 3.19. The molecule has 0 spiro atoms. The minimum atomic E-state index is 0.333. The zero-order valence-electron chi connectivity index (χ0n) is 14.2. The van der Waals surface area contributed by atoms with Gasteiger partial charge in [-0.1, -0.05) is 6.92 Å². The van der Waals surface area contributed by atoms with Crippen LogP contribution >= 0.6 is 0 Å². The van der Waals surface area contributed by atoms with E-state index in [2.05, 4.69) is 67.2 Å². The fourth-order valence-corrected chi connectivity index (χ4v) is 3.19. The highest BCUT2D eigenvalue weighted by molar-refractivity contribution is 5.41. The summed E-state index contributed by atoms with van der Waals surface area (Å²) in [5, 5.41) is 3.46. The van der Waals surface area contributed by atoms with E-state index in [0.29, 0.717) is 11.6 Å². The molecular formula is C17H30N4. The molecule has 21 heavy (non-hydrogen) atoms. The van der Waals surface area contributed by atoms with Crippen LogP contribution in [0.25, 0.3) is 0 Å². The van der Waals surface area contributed by atoms with Crippen LogP contribution in [0.3, 0.4) is 0 Å². The average molecular weight is 290 g/mol. The SMILES string of the molecule is CCNC(C)c1ccnc(N(C)CC2(N(C)C)CCC2)c1. The lowest BCUT2D eigenvalue weighted by Crippen LogP contribution is -2.56. The van der Waals surface area contributed by atoms with Crippen molar-refractivity contribution in [3.8, 4) is 0 Å². The Hall–Kier alpha value is -1.13. The minimum absolute atomic E-state index is 0.333. The van der Waals surface area contributed by atoms with Gasteiger partial charge in [-0.05, 0) is 64.5 Å². The molecule has 1 aliphatic rings. The third-order valence-corrected chi connectivity index (χ3v) is 4.94. The predicted octanol–water partition coefficient (Wildman–Crippen LogP) is 2.67. The van der Waals surface area contributed by atoms with Crippen molar-refractivity contribution in [2.75, 3.05) is 39.1 Å². The molecule has 0 saturated heterocycles. The first-order chi connectivity index (χ1) is 9.98. The van der Waals surface area contributed by atoms with Gasteiger partial charge in [-0.25, -0.2) is 4.98 Å². The first-order valence-electron chi connectivity index (χ1n) is 8.06. The van der Waals surface area contributed by atoms with E-state index < -0.39 is 0 Å². The largest absolute Gasteiger partial charge is 0.358 e. The number of pyridine rings is 1. The molecule has 4 heteroatoms. The Balaban J connectivity index is 2.08. The highest BCUT2D eigenvalue weighted by Crippen LogP contribution is 2.37. The molecule has 0 aromatic carbocycles. The third kappa shape index (κ3) is 3.55. The Morgan fingerprint density at radius 3 is 2.57 bits per heavy atom. The second-order valence-electron chi connectivity index (χ2n) is 6.56. The Morgan fingerprint density at radius 2 is 2.05 bits per heavy atom. The van der Waals surface area contributed by atoms with E-state index in [4.69, 9.17) is 0 Å². The summed E-state index contributed by atoms with van der Waals surface area (Å²) in [4.78, 5) is 9.26. The predicted molar refractivity (Wildman–Crippen MR) is 89.9 cm³/mol. The average Bonchev–Trinajstić information content (AvgIpc) is 2.42. The fraction of sp³-hybridized carbons (Fsp3) is 0.706. The molecule has 1 atom stereocenters. The van der Waals surface area contributed by atoms with Crippen molar-refractivity contribution in [3.05, 3.63) is 23.9 Å². The van der Waals surface area contributed by atoms with Crippen LogP contribution in [0.15, 0.2) is 18.3 Å². The molecule has 118 valence electrons. The first-order valence-corrected chi connectivity index (χ1v) is 8.06. The van der Waals surface area contributed by atoms with E-state index in [1.807, 2.05) is 6.20 Å². The van der Waals surface area contributed by atoms with E-state index in [1.54, 1.807) is 0 Å². The Bertz CT molecular complexity index is 454. The first kappa shape index (κ1) is 16.2. The molecule has 1 saturated carbocycles. The van der Waals surface area contributed by atoms with Crippen molar-refractivity contribution in [3.63, 3.8) is 0 Å². The van der Waals surface area contributed by atoms with Gasteiger partial charge in [0.2, 0.25) is 0 Å². The maximum atomic E-state index is 4.56. The second kappa shape index (κ2) is 6.75. The quantitative estimate of drug-likeness (QED) is 0.836. The van der Waals surface area contributed by atoms with Crippen molar-refractivity contribution < 1.29 is 0 Å². The maximum absolute atomic E-state index is 4.56. The summed E-state index contributed by atoms with van der Waals surface area (Å²) < 4.78 is 0. The van der Waals surface area contributed by atoms with Gasteiger partial charge in [0.05, 0.1) is 0 Å². The lowest BCUT2D eigenvalue weighted by atomic mass is 9.75. The molecule has 1 aliphatic carbocycles. The molecule has 0 amide bonds. The van der Waals surface area contributed by atoms with Gasteiger partial charge in [0.25, 0.3) is 0 Å². The van der Waals surface area contributed by atoms with Crippen molar-refractivity contribution in [1.29, 1.82) is 0 Å². The highest BCUT2D eigenvalue weighted by atomic mass is 15.2. The number of nitrogens with zero attached hydrogens (tertiary/aromatic N) is 3. The zero-order chi connectivity index (χ0) is 15.5. The number of aromatic nitrogens is 1. The Labute approximate surface area is 129 Å². The van der Waals surface area contributed by atoms with Crippen LogP contribution in [0.5, 0.6) is 0 Å². The van der Waals surface area contributed by atoms with Crippen molar-refractivity contribution in [1.82, 2.24) is 15.2 Å². The van der Waals surface area contributed by atoms with E-state index in [0.717, 1.165) is 18.9 Å². The molecule has 0 bridgehead atoms. The lowest BCUT2D eigenvalue weighted by molar-refractivity contribution is 0.0682. The number of rotatable bonds is 7. The van der Waals surface area contributed by atoms with Crippen LogP contribution < -0.4 is 10.2 Å².